The Bertz CT molecular complexity index is 609. The first kappa shape index (κ1) is 15.0. The van der Waals surface area contributed by atoms with Crippen molar-refractivity contribution in [1.82, 2.24) is 20.4 Å². The van der Waals surface area contributed by atoms with E-state index < -0.39 is 0 Å². The number of amides is 1. The van der Waals surface area contributed by atoms with Crippen molar-refractivity contribution >= 4 is 17.5 Å². The van der Waals surface area contributed by atoms with Crippen molar-refractivity contribution in [2.75, 3.05) is 11.9 Å². The summed E-state index contributed by atoms with van der Waals surface area (Å²) in [5.74, 6) is 2.06. The van der Waals surface area contributed by atoms with Gasteiger partial charge in [-0.3, -0.25) is 4.79 Å². The van der Waals surface area contributed by atoms with Crippen LogP contribution in [0.5, 0.6) is 0 Å². The van der Waals surface area contributed by atoms with E-state index in [1.807, 2.05) is 0 Å². The van der Waals surface area contributed by atoms with Gasteiger partial charge in [0.1, 0.15) is 23.6 Å². The molecule has 0 aliphatic rings. The van der Waals surface area contributed by atoms with Crippen molar-refractivity contribution in [3.8, 4) is 0 Å². The minimum atomic E-state index is -0.211. The topological polar surface area (TPSA) is 92.9 Å². The molecule has 2 aromatic heterocycles. The summed E-state index contributed by atoms with van der Waals surface area (Å²) in [5, 5.41) is 9.60. The molecule has 0 radical (unpaired) electrons. The van der Waals surface area contributed by atoms with Gasteiger partial charge in [-0.1, -0.05) is 19.0 Å². The van der Waals surface area contributed by atoms with Gasteiger partial charge in [0.05, 0.1) is 0 Å². The van der Waals surface area contributed by atoms with Gasteiger partial charge in [0, 0.05) is 18.7 Å². The normalized spacial score (nSPS) is 10.7. The van der Waals surface area contributed by atoms with Gasteiger partial charge in [-0.2, -0.15) is 0 Å². The number of hydrogen-bond acceptors (Lipinski definition) is 6. The van der Waals surface area contributed by atoms with Crippen LogP contribution in [0.1, 0.15) is 36.5 Å². The molecule has 0 fully saturated rings. The molecule has 0 aliphatic heterocycles. The van der Waals surface area contributed by atoms with E-state index in [0.717, 1.165) is 6.42 Å². The molecule has 2 rings (SSSR count). The molecule has 0 saturated heterocycles. The van der Waals surface area contributed by atoms with E-state index in [9.17, 15) is 4.79 Å². The molecule has 0 aromatic carbocycles. The van der Waals surface area contributed by atoms with E-state index in [1.54, 1.807) is 19.1 Å². The lowest BCUT2D eigenvalue weighted by Crippen LogP contribution is -2.26. The third kappa shape index (κ3) is 4.55. The number of aryl methyl sites for hydroxylation is 1. The van der Waals surface area contributed by atoms with Gasteiger partial charge in [-0.15, -0.1) is 0 Å². The Kier molecular flexibility index (Phi) is 4.86. The second kappa shape index (κ2) is 6.83. The summed E-state index contributed by atoms with van der Waals surface area (Å²) in [6, 6.07) is 3.32. The maximum absolute atomic E-state index is 12.0. The first-order valence-electron chi connectivity index (χ1n) is 6.85. The standard InChI is InChI=1S/C14H19N5O2/c1-9(2)4-5-15-14(20)11-7-12(17-8-16-11)18-13-6-10(3)21-19-13/h6-9H,4-5H2,1-3H3,(H,15,20)(H,16,17,18,19). The number of nitrogens with one attached hydrogen (secondary N) is 2. The van der Waals surface area contributed by atoms with Gasteiger partial charge in [0.25, 0.3) is 5.91 Å². The second-order valence-electron chi connectivity index (χ2n) is 5.17. The van der Waals surface area contributed by atoms with E-state index in [1.165, 1.54) is 6.33 Å². The zero-order valence-electron chi connectivity index (χ0n) is 12.4. The third-order valence-electron chi connectivity index (χ3n) is 2.79. The molecule has 0 unspecified atom stereocenters. The summed E-state index contributed by atoms with van der Waals surface area (Å²) in [5.41, 5.74) is 0.316. The van der Waals surface area contributed by atoms with Crippen LogP contribution < -0.4 is 10.6 Å². The minimum Gasteiger partial charge on any atom is -0.360 e. The van der Waals surface area contributed by atoms with E-state index in [0.29, 0.717) is 35.6 Å². The van der Waals surface area contributed by atoms with Gasteiger partial charge >= 0.3 is 0 Å². The predicted molar refractivity (Wildman–Crippen MR) is 78.3 cm³/mol. The fourth-order valence-electron chi connectivity index (χ4n) is 1.67. The molecule has 1 amide bonds. The minimum absolute atomic E-state index is 0.211. The highest BCUT2D eigenvalue weighted by molar-refractivity contribution is 5.92. The third-order valence-corrected chi connectivity index (χ3v) is 2.79. The fraction of sp³-hybridized carbons (Fsp3) is 0.429. The Morgan fingerprint density at radius 1 is 1.29 bits per heavy atom. The van der Waals surface area contributed by atoms with Crippen LogP contribution in [0.4, 0.5) is 11.6 Å². The van der Waals surface area contributed by atoms with Crippen LogP contribution in [0.2, 0.25) is 0 Å². The Morgan fingerprint density at radius 2 is 2.10 bits per heavy atom. The summed E-state index contributed by atoms with van der Waals surface area (Å²) >= 11 is 0. The zero-order chi connectivity index (χ0) is 15.2. The van der Waals surface area contributed by atoms with Gasteiger partial charge in [0.15, 0.2) is 5.82 Å². The van der Waals surface area contributed by atoms with Crippen LogP contribution in [-0.4, -0.2) is 27.6 Å². The smallest absolute Gasteiger partial charge is 0.270 e. The molecular formula is C14H19N5O2. The van der Waals surface area contributed by atoms with Gasteiger partial charge in [0.2, 0.25) is 0 Å². The van der Waals surface area contributed by atoms with Crippen LogP contribution in [-0.2, 0) is 0 Å². The highest BCUT2D eigenvalue weighted by atomic mass is 16.5. The first-order valence-corrected chi connectivity index (χ1v) is 6.85. The average Bonchev–Trinajstić information content (AvgIpc) is 2.84. The molecule has 7 heteroatoms. The lowest BCUT2D eigenvalue weighted by molar-refractivity contribution is 0.0947. The van der Waals surface area contributed by atoms with Crippen molar-refractivity contribution < 1.29 is 9.32 Å². The number of rotatable bonds is 6. The van der Waals surface area contributed by atoms with Gasteiger partial charge in [-0.25, -0.2) is 9.97 Å². The van der Waals surface area contributed by atoms with Crippen molar-refractivity contribution in [1.29, 1.82) is 0 Å². The molecule has 2 aromatic rings. The highest BCUT2D eigenvalue weighted by Gasteiger charge is 2.09. The van der Waals surface area contributed by atoms with E-state index in [-0.39, 0.29) is 5.91 Å². The monoisotopic (exact) mass is 289 g/mol. The Balaban J connectivity index is 1.98. The summed E-state index contributed by atoms with van der Waals surface area (Å²) in [7, 11) is 0. The van der Waals surface area contributed by atoms with Gasteiger partial charge < -0.3 is 15.2 Å². The van der Waals surface area contributed by atoms with E-state index >= 15 is 0 Å². The number of carbonyl (C=O) groups excluding carboxylic acids is 1. The first-order chi connectivity index (χ1) is 10.0. The maximum Gasteiger partial charge on any atom is 0.270 e. The van der Waals surface area contributed by atoms with E-state index in [4.69, 9.17) is 4.52 Å². The number of nitrogens with zero attached hydrogens (tertiary/aromatic N) is 3. The van der Waals surface area contributed by atoms with Gasteiger partial charge in [-0.05, 0) is 19.3 Å². The molecule has 0 spiro atoms. The summed E-state index contributed by atoms with van der Waals surface area (Å²) in [4.78, 5) is 20.0. The molecular weight excluding hydrogens is 270 g/mol. The molecule has 112 valence electrons. The predicted octanol–water partition coefficient (Wildman–Crippen LogP) is 2.29. The van der Waals surface area contributed by atoms with E-state index in [2.05, 4.69) is 39.6 Å². The number of aromatic nitrogens is 3. The average molecular weight is 289 g/mol. The van der Waals surface area contributed by atoms with Crippen molar-refractivity contribution in [3.63, 3.8) is 0 Å². The van der Waals surface area contributed by atoms with Crippen molar-refractivity contribution in [2.45, 2.75) is 27.2 Å². The van der Waals surface area contributed by atoms with Crippen molar-refractivity contribution in [2.24, 2.45) is 5.92 Å². The summed E-state index contributed by atoms with van der Waals surface area (Å²) in [6.45, 7) is 6.65. The second-order valence-corrected chi connectivity index (χ2v) is 5.17. The highest BCUT2D eigenvalue weighted by Crippen LogP contribution is 2.14. The molecule has 2 N–H and O–H groups in total. The Morgan fingerprint density at radius 3 is 2.76 bits per heavy atom. The number of anilines is 2. The molecule has 0 bridgehead atoms. The maximum atomic E-state index is 12.0. The number of carbonyl (C=O) groups is 1. The van der Waals surface area contributed by atoms with Crippen LogP contribution in [0, 0.1) is 12.8 Å². The SMILES string of the molecule is Cc1cc(Nc2cc(C(=O)NCCC(C)C)ncn2)no1. The Labute approximate surface area is 123 Å². The lowest BCUT2D eigenvalue weighted by atomic mass is 10.1. The fourth-order valence-corrected chi connectivity index (χ4v) is 1.67. The zero-order valence-corrected chi connectivity index (χ0v) is 12.4. The van der Waals surface area contributed by atoms with Crippen LogP contribution in [0.15, 0.2) is 23.0 Å². The quantitative estimate of drug-likeness (QED) is 0.847. The summed E-state index contributed by atoms with van der Waals surface area (Å²) < 4.78 is 4.95. The number of hydrogen-bond donors (Lipinski definition) is 2. The van der Waals surface area contributed by atoms with Crippen LogP contribution in [0.25, 0.3) is 0 Å². The van der Waals surface area contributed by atoms with Crippen LogP contribution >= 0.6 is 0 Å². The summed E-state index contributed by atoms with van der Waals surface area (Å²) in [6.07, 6.45) is 2.27. The molecule has 7 nitrogen and oxygen atoms in total. The molecule has 0 aliphatic carbocycles. The molecule has 0 atom stereocenters. The molecule has 0 saturated carbocycles. The van der Waals surface area contributed by atoms with Crippen LogP contribution in [0.3, 0.4) is 0 Å². The Hall–Kier alpha value is -2.44. The lowest BCUT2D eigenvalue weighted by Gasteiger charge is -2.07. The largest absolute Gasteiger partial charge is 0.360 e. The molecule has 2 heterocycles. The molecule has 21 heavy (non-hydrogen) atoms. The van der Waals surface area contributed by atoms with Crippen molar-refractivity contribution in [3.05, 3.63) is 29.9 Å².